The summed E-state index contributed by atoms with van der Waals surface area (Å²) in [6, 6.07) is 5.26. The highest BCUT2D eigenvalue weighted by atomic mass is 35.5. The van der Waals surface area contributed by atoms with Gasteiger partial charge in [0.15, 0.2) is 11.5 Å². The fourth-order valence-corrected chi connectivity index (χ4v) is 2.77. The molecule has 0 atom stereocenters. The van der Waals surface area contributed by atoms with Crippen LogP contribution in [0.5, 0.6) is 11.5 Å². The van der Waals surface area contributed by atoms with Crippen LogP contribution in [-0.2, 0) is 4.79 Å². The van der Waals surface area contributed by atoms with Gasteiger partial charge in [0.25, 0.3) is 5.91 Å². The van der Waals surface area contributed by atoms with Gasteiger partial charge in [0, 0.05) is 39.1 Å². The predicted octanol–water partition coefficient (Wildman–Crippen LogP) is 1.02. The van der Waals surface area contributed by atoms with Crippen LogP contribution in [0.2, 0.25) is 0 Å². The van der Waals surface area contributed by atoms with E-state index in [1.165, 1.54) is 7.11 Å². The smallest absolute Gasteiger partial charge is 0.257 e. The molecule has 0 bridgehead atoms. The molecular formula is C17H26ClN3O4. The van der Waals surface area contributed by atoms with Crippen LogP contribution in [0.25, 0.3) is 0 Å². The Morgan fingerprint density at radius 3 is 2.28 bits per heavy atom. The zero-order valence-electron chi connectivity index (χ0n) is 14.9. The molecule has 25 heavy (non-hydrogen) atoms. The maximum atomic E-state index is 12.8. The Morgan fingerprint density at radius 2 is 1.72 bits per heavy atom. The van der Waals surface area contributed by atoms with Gasteiger partial charge in [-0.25, -0.2) is 0 Å². The number of ether oxygens (including phenoxy) is 2. The predicted molar refractivity (Wildman–Crippen MR) is 97.8 cm³/mol. The van der Waals surface area contributed by atoms with Gasteiger partial charge in [0.05, 0.1) is 19.8 Å². The van der Waals surface area contributed by atoms with Crippen LogP contribution in [0.4, 0.5) is 0 Å². The molecule has 0 aromatic heterocycles. The summed E-state index contributed by atoms with van der Waals surface area (Å²) in [7, 11) is 4.89. The van der Waals surface area contributed by atoms with Crippen molar-refractivity contribution in [3.05, 3.63) is 23.8 Å². The molecule has 1 fully saturated rings. The van der Waals surface area contributed by atoms with Crippen molar-refractivity contribution in [1.82, 2.24) is 15.1 Å². The van der Waals surface area contributed by atoms with E-state index in [1.54, 1.807) is 30.2 Å². The first-order chi connectivity index (χ1) is 11.6. The Kier molecular flexibility index (Phi) is 8.51. The second-order valence-corrected chi connectivity index (χ2v) is 5.57. The monoisotopic (exact) mass is 371 g/mol. The molecule has 1 N–H and O–H groups in total. The SMILES string of the molecule is CNCCC(=O)N1CCN(C(=O)c2cccc(OC)c2OC)CC1.Cl. The quantitative estimate of drug-likeness (QED) is 0.808. The van der Waals surface area contributed by atoms with E-state index in [0.29, 0.717) is 56.2 Å². The van der Waals surface area contributed by atoms with Crippen LogP contribution < -0.4 is 14.8 Å². The molecule has 1 aliphatic rings. The Bertz CT molecular complexity index is 589. The summed E-state index contributed by atoms with van der Waals surface area (Å²) in [6.07, 6.45) is 0.480. The van der Waals surface area contributed by atoms with Crippen molar-refractivity contribution < 1.29 is 19.1 Å². The number of amides is 2. The maximum Gasteiger partial charge on any atom is 0.257 e. The molecule has 0 spiro atoms. The fraction of sp³-hybridized carbons (Fsp3) is 0.529. The van der Waals surface area contributed by atoms with E-state index in [9.17, 15) is 9.59 Å². The summed E-state index contributed by atoms with van der Waals surface area (Å²) < 4.78 is 10.6. The van der Waals surface area contributed by atoms with Crippen molar-refractivity contribution in [2.75, 3.05) is 54.0 Å². The van der Waals surface area contributed by atoms with Crippen molar-refractivity contribution in [1.29, 1.82) is 0 Å². The van der Waals surface area contributed by atoms with E-state index in [2.05, 4.69) is 5.32 Å². The molecule has 0 aliphatic carbocycles. The molecule has 0 saturated carbocycles. The molecule has 0 radical (unpaired) electrons. The molecule has 1 saturated heterocycles. The zero-order chi connectivity index (χ0) is 17.5. The standard InChI is InChI=1S/C17H25N3O4.ClH/c1-18-8-7-15(21)19-9-11-20(12-10-19)17(22)13-5-4-6-14(23-2)16(13)24-3;/h4-6,18H,7-12H2,1-3H3;1H. The summed E-state index contributed by atoms with van der Waals surface area (Å²) in [5.41, 5.74) is 0.479. The Hall–Kier alpha value is -1.99. The molecule has 1 aliphatic heterocycles. The van der Waals surface area contributed by atoms with Crippen molar-refractivity contribution in [2.45, 2.75) is 6.42 Å². The number of rotatable bonds is 6. The van der Waals surface area contributed by atoms with Crippen molar-refractivity contribution in [2.24, 2.45) is 0 Å². The lowest BCUT2D eigenvalue weighted by Gasteiger charge is -2.35. The number of nitrogens with zero attached hydrogens (tertiary/aromatic N) is 2. The van der Waals surface area contributed by atoms with Gasteiger partial charge in [0.1, 0.15) is 0 Å². The molecule has 1 aromatic rings. The molecule has 7 nitrogen and oxygen atoms in total. The molecule has 140 valence electrons. The number of nitrogens with one attached hydrogen (secondary N) is 1. The van der Waals surface area contributed by atoms with Gasteiger partial charge in [-0.05, 0) is 19.2 Å². The average molecular weight is 372 g/mol. The van der Waals surface area contributed by atoms with Crippen LogP contribution in [0.15, 0.2) is 18.2 Å². The van der Waals surface area contributed by atoms with Gasteiger partial charge in [0.2, 0.25) is 5.91 Å². The number of halogens is 1. The first kappa shape index (κ1) is 21.1. The number of hydrogen-bond donors (Lipinski definition) is 1. The largest absolute Gasteiger partial charge is 0.493 e. The summed E-state index contributed by atoms with van der Waals surface area (Å²) >= 11 is 0. The highest BCUT2D eigenvalue weighted by molar-refractivity contribution is 5.98. The number of carbonyl (C=O) groups excluding carboxylic acids is 2. The van der Waals surface area contributed by atoms with Gasteiger partial charge < -0.3 is 24.6 Å². The second kappa shape index (κ2) is 10.1. The van der Waals surface area contributed by atoms with Gasteiger partial charge in [-0.1, -0.05) is 6.07 Å². The summed E-state index contributed by atoms with van der Waals surface area (Å²) in [5.74, 6) is 0.991. The lowest BCUT2D eigenvalue weighted by molar-refractivity contribution is -0.132. The van der Waals surface area contributed by atoms with Gasteiger partial charge in [-0.15, -0.1) is 12.4 Å². The number of para-hydroxylation sites is 1. The van der Waals surface area contributed by atoms with Crippen LogP contribution in [-0.4, -0.2) is 75.6 Å². The minimum absolute atomic E-state index is 0. The first-order valence-electron chi connectivity index (χ1n) is 8.05. The molecule has 2 amide bonds. The van der Waals surface area contributed by atoms with E-state index in [1.807, 2.05) is 11.9 Å². The highest BCUT2D eigenvalue weighted by Gasteiger charge is 2.27. The number of methoxy groups -OCH3 is 2. The zero-order valence-corrected chi connectivity index (χ0v) is 15.7. The number of piperazine rings is 1. The van der Waals surface area contributed by atoms with Crippen LogP contribution in [0.1, 0.15) is 16.8 Å². The van der Waals surface area contributed by atoms with E-state index >= 15 is 0 Å². The Labute approximate surface area is 154 Å². The minimum atomic E-state index is -0.104. The number of carbonyl (C=O) groups is 2. The highest BCUT2D eigenvalue weighted by Crippen LogP contribution is 2.31. The third-order valence-electron chi connectivity index (χ3n) is 4.14. The van der Waals surface area contributed by atoms with E-state index < -0.39 is 0 Å². The molecule has 1 heterocycles. The lowest BCUT2D eigenvalue weighted by Crippen LogP contribution is -2.50. The van der Waals surface area contributed by atoms with Crippen LogP contribution in [0.3, 0.4) is 0 Å². The second-order valence-electron chi connectivity index (χ2n) is 5.57. The van der Waals surface area contributed by atoms with Gasteiger partial charge in [-0.3, -0.25) is 9.59 Å². The third-order valence-corrected chi connectivity index (χ3v) is 4.14. The number of hydrogen-bond acceptors (Lipinski definition) is 5. The molecule has 8 heteroatoms. The lowest BCUT2D eigenvalue weighted by atomic mass is 10.1. The summed E-state index contributed by atoms with van der Waals surface area (Å²) in [6.45, 7) is 2.81. The normalized spacial score (nSPS) is 13.9. The van der Waals surface area contributed by atoms with E-state index in [4.69, 9.17) is 9.47 Å². The fourth-order valence-electron chi connectivity index (χ4n) is 2.77. The van der Waals surface area contributed by atoms with E-state index in [-0.39, 0.29) is 24.2 Å². The summed E-state index contributed by atoms with van der Waals surface area (Å²) in [5, 5.41) is 2.97. The van der Waals surface area contributed by atoms with Crippen molar-refractivity contribution in [3.8, 4) is 11.5 Å². The maximum absolute atomic E-state index is 12.8. The Balaban J connectivity index is 0.00000312. The summed E-state index contributed by atoms with van der Waals surface area (Å²) in [4.78, 5) is 28.4. The van der Waals surface area contributed by atoms with Gasteiger partial charge in [-0.2, -0.15) is 0 Å². The average Bonchev–Trinajstić information content (AvgIpc) is 2.64. The minimum Gasteiger partial charge on any atom is -0.493 e. The topological polar surface area (TPSA) is 71.1 Å². The molecule has 2 rings (SSSR count). The number of benzene rings is 1. The van der Waals surface area contributed by atoms with Crippen molar-refractivity contribution >= 4 is 24.2 Å². The van der Waals surface area contributed by atoms with Crippen molar-refractivity contribution in [3.63, 3.8) is 0 Å². The first-order valence-corrected chi connectivity index (χ1v) is 8.05. The van der Waals surface area contributed by atoms with Gasteiger partial charge >= 0.3 is 0 Å². The Morgan fingerprint density at radius 1 is 1.08 bits per heavy atom. The third kappa shape index (κ3) is 4.99. The van der Waals surface area contributed by atoms with Crippen LogP contribution >= 0.6 is 12.4 Å². The molecule has 0 unspecified atom stereocenters. The van der Waals surface area contributed by atoms with E-state index in [0.717, 1.165) is 0 Å². The van der Waals surface area contributed by atoms with Crippen LogP contribution in [0, 0.1) is 0 Å². The molecular weight excluding hydrogens is 346 g/mol. The molecule has 1 aromatic carbocycles.